The molecule has 1 aliphatic rings. The van der Waals surface area contributed by atoms with E-state index in [9.17, 15) is 8.42 Å². The summed E-state index contributed by atoms with van der Waals surface area (Å²) in [6, 6.07) is 7.37. The van der Waals surface area contributed by atoms with Gasteiger partial charge in [0.15, 0.2) is 9.84 Å². The molecule has 2 rings (SSSR count). The minimum Gasteiger partial charge on any atom is -0.317 e. The molecule has 1 fully saturated rings. The minimum absolute atomic E-state index is 0.499. The van der Waals surface area contributed by atoms with E-state index in [0.29, 0.717) is 10.8 Å². The van der Waals surface area contributed by atoms with Crippen LogP contribution in [-0.2, 0) is 16.3 Å². The van der Waals surface area contributed by atoms with Gasteiger partial charge in [-0.25, -0.2) is 8.42 Å². The van der Waals surface area contributed by atoms with E-state index < -0.39 is 9.84 Å². The van der Waals surface area contributed by atoms with E-state index >= 15 is 0 Å². The van der Waals surface area contributed by atoms with Crippen molar-refractivity contribution in [1.82, 2.24) is 5.32 Å². The zero-order valence-electron chi connectivity index (χ0n) is 10.1. The summed E-state index contributed by atoms with van der Waals surface area (Å²) in [4.78, 5) is 0.499. The predicted octanol–water partition coefficient (Wildman–Crippen LogP) is 1.63. The minimum atomic E-state index is -3.10. The van der Waals surface area contributed by atoms with Gasteiger partial charge < -0.3 is 5.32 Å². The zero-order valence-corrected chi connectivity index (χ0v) is 11.0. The van der Waals surface area contributed by atoms with Crippen molar-refractivity contribution in [2.75, 3.05) is 19.3 Å². The monoisotopic (exact) mass is 253 g/mol. The maximum Gasteiger partial charge on any atom is 0.175 e. The van der Waals surface area contributed by atoms with Crippen LogP contribution in [-0.4, -0.2) is 27.8 Å². The Bertz CT molecular complexity index is 476. The van der Waals surface area contributed by atoms with Gasteiger partial charge in [0.25, 0.3) is 0 Å². The third-order valence-corrected chi connectivity index (χ3v) is 4.54. The van der Waals surface area contributed by atoms with Crippen LogP contribution >= 0.6 is 0 Å². The lowest BCUT2D eigenvalue weighted by atomic mass is 9.91. The maximum atomic E-state index is 11.7. The van der Waals surface area contributed by atoms with Gasteiger partial charge in [-0.15, -0.1) is 0 Å². The highest BCUT2D eigenvalue weighted by Gasteiger charge is 2.18. The van der Waals surface area contributed by atoms with Crippen molar-refractivity contribution in [2.45, 2.75) is 24.2 Å². The summed E-state index contributed by atoms with van der Waals surface area (Å²) >= 11 is 0. The molecule has 0 unspecified atom stereocenters. The molecule has 1 aliphatic heterocycles. The van der Waals surface area contributed by atoms with Crippen LogP contribution in [0.1, 0.15) is 18.4 Å². The zero-order chi connectivity index (χ0) is 12.3. The molecule has 1 heterocycles. The van der Waals surface area contributed by atoms with Crippen LogP contribution in [0.4, 0.5) is 0 Å². The number of hydrogen-bond acceptors (Lipinski definition) is 3. The number of nitrogens with one attached hydrogen (secondary N) is 1. The number of sulfone groups is 1. The Morgan fingerprint density at radius 3 is 2.53 bits per heavy atom. The van der Waals surface area contributed by atoms with Crippen molar-refractivity contribution in [3.8, 4) is 0 Å². The van der Waals surface area contributed by atoms with Crippen LogP contribution in [0.3, 0.4) is 0 Å². The van der Waals surface area contributed by atoms with Crippen LogP contribution in [0.5, 0.6) is 0 Å². The number of rotatable bonds is 3. The van der Waals surface area contributed by atoms with Gasteiger partial charge in [-0.2, -0.15) is 0 Å². The Morgan fingerprint density at radius 2 is 1.88 bits per heavy atom. The van der Waals surface area contributed by atoms with Gasteiger partial charge >= 0.3 is 0 Å². The average Bonchev–Trinajstić information content (AvgIpc) is 2.30. The second kappa shape index (κ2) is 5.19. The molecule has 3 nitrogen and oxygen atoms in total. The van der Waals surface area contributed by atoms with E-state index in [-0.39, 0.29) is 0 Å². The molecule has 1 saturated heterocycles. The molecule has 1 N–H and O–H groups in total. The summed E-state index contributed by atoms with van der Waals surface area (Å²) in [6.45, 7) is 2.09. The molecule has 1 aromatic rings. The van der Waals surface area contributed by atoms with Gasteiger partial charge in [0, 0.05) is 6.26 Å². The molecule has 0 atom stereocenters. The lowest BCUT2D eigenvalue weighted by Crippen LogP contribution is -2.28. The normalized spacial score (nSPS) is 18.2. The summed E-state index contributed by atoms with van der Waals surface area (Å²) in [7, 11) is -3.10. The van der Waals surface area contributed by atoms with Crippen LogP contribution in [0.2, 0.25) is 0 Å². The fourth-order valence-electron chi connectivity index (χ4n) is 2.43. The van der Waals surface area contributed by atoms with Crippen molar-refractivity contribution >= 4 is 9.84 Å². The van der Waals surface area contributed by atoms with Crippen molar-refractivity contribution in [1.29, 1.82) is 0 Å². The molecule has 0 amide bonds. The van der Waals surface area contributed by atoms with Gasteiger partial charge in [0.1, 0.15) is 0 Å². The molecule has 0 aliphatic carbocycles. The molecular formula is C13H19NO2S. The average molecular weight is 253 g/mol. The van der Waals surface area contributed by atoms with Gasteiger partial charge in [-0.1, -0.05) is 18.2 Å². The Hall–Kier alpha value is -0.870. The molecule has 0 bridgehead atoms. The predicted molar refractivity (Wildman–Crippen MR) is 68.8 cm³/mol. The summed E-state index contributed by atoms with van der Waals surface area (Å²) in [5, 5.41) is 3.33. The lowest BCUT2D eigenvalue weighted by molar-refractivity contribution is 0.371. The van der Waals surface area contributed by atoms with Crippen molar-refractivity contribution in [2.24, 2.45) is 5.92 Å². The third-order valence-electron chi connectivity index (χ3n) is 3.34. The van der Waals surface area contributed by atoms with E-state index in [1.807, 2.05) is 12.1 Å². The van der Waals surface area contributed by atoms with Gasteiger partial charge in [0.2, 0.25) is 0 Å². The first-order valence-electron chi connectivity index (χ1n) is 6.06. The van der Waals surface area contributed by atoms with Gasteiger partial charge in [0.05, 0.1) is 4.90 Å². The van der Waals surface area contributed by atoms with Crippen molar-refractivity contribution in [3.05, 3.63) is 29.8 Å². The first-order valence-corrected chi connectivity index (χ1v) is 7.95. The first-order chi connectivity index (χ1) is 8.07. The second-order valence-electron chi connectivity index (χ2n) is 4.78. The highest BCUT2D eigenvalue weighted by atomic mass is 32.2. The van der Waals surface area contributed by atoms with E-state index in [1.165, 1.54) is 6.26 Å². The molecule has 17 heavy (non-hydrogen) atoms. The first kappa shape index (κ1) is 12.6. The van der Waals surface area contributed by atoms with Crippen LogP contribution in [0.25, 0.3) is 0 Å². The smallest absolute Gasteiger partial charge is 0.175 e. The molecule has 0 spiro atoms. The standard InChI is InChI=1S/C13H19NO2S/c1-17(15,16)13-5-3-2-4-12(13)10-11-6-8-14-9-7-11/h2-5,11,14H,6-10H2,1H3. The van der Waals surface area contributed by atoms with Gasteiger partial charge in [-0.05, 0) is 49.9 Å². The second-order valence-corrected chi connectivity index (χ2v) is 6.76. The van der Waals surface area contributed by atoms with Crippen LogP contribution in [0, 0.1) is 5.92 Å². The summed E-state index contributed by atoms with van der Waals surface area (Å²) in [5.74, 6) is 0.610. The lowest BCUT2D eigenvalue weighted by Gasteiger charge is -2.23. The topological polar surface area (TPSA) is 46.2 Å². The molecule has 0 saturated carbocycles. The molecule has 1 aromatic carbocycles. The quantitative estimate of drug-likeness (QED) is 0.890. The number of hydrogen-bond donors (Lipinski definition) is 1. The summed E-state index contributed by atoms with van der Waals surface area (Å²) in [6.07, 6.45) is 4.44. The van der Waals surface area contributed by atoms with Gasteiger partial charge in [-0.3, -0.25) is 0 Å². The molecule has 0 aromatic heterocycles. The molecule has 4 heteroatoms. The Labute approximate surface area is 103 Å². The van der Waals surface area contributed by atoms with Crippen molar-refractivity contribution < 1.29 is 8.42 Å². The Balaban J connectivity index is 2.20. The van der Waals surface area contributed by atoms with Crippen LogP contribution < -0.4 is 5.32 Å². The molecule has 94 valence electrons. The number of piperidine rings is 1. The van der Waals surface area contributed by atoms with Crippen molar-refractivity contribution in [3.63, 3.8) is 0 Å². The fraction of sp³-hybridized carbons (Fsp3) is 0.538. The molecular weight excluding hydrogens is 234 g/mol. The van der Waals surface area contributed by atoms with E-state index in [2.05, 4.69) is 5.32 Å². The molecule has 0 radical (unpaired) electrons. The summed E-state index contributed by atoms with van der Waals surface area (Å²) in [5.41, 5.74) is 0.974. The van der Waals surface area contributed by atoms with E-state index in [0.717, 1.165) is 37.9 Å². The SMILES string of the molecule is CS(=O)(=O)c1ccccc1CC1CCNCC1. The highest BCUT2D eigenvalue weighted by molar-refractivity contribution is 7.90. The number of benzene rings is 1. The van der Waals surface area contributed by atoms with E-state index in [4.69, 9.17) is 0 Å². The maximum absolute atomic E-state index is 11.7. The van der Waals surface area contributed by atoms with Crippen LogP contribution in [0.15, 0.2) is 29.2 Å². The Morgan fingerprint density at radius 1 is 1.24 bits per heavy atom. The van der Waals surface area contributed by atoms with E-state index in [1.54, 1.807) is 12.1 Å². The third kappa shape index (κ3) is 3.30. The largest absolute Gasteiger partial charge is 0.317 e. The highest BCUT2D eigenvalue weighted by Crippen LogP contribution is 2.23. The fourth-order valence-corrected chi connectivity index (χ4v) is 3.38. The summed E-state index contributed by atoms with van der Waals surface area (Å²) < 4.78 is 23.4. The Kier molecular flexibility index (Phi) is 3.84.